The van der Waals surface area contributed by atoms with Crippen LogP contribution in [0.25, 0.3) is 22.6 Å². The number of pyridine rings is 1. The van der Waals surface area contributed by atoms with E-state index in [4.69, 9.17) is 4.42 Å². The number of nitrogens with zero attached hydrogens (tertiary/aromatic N) is 3. The smallest absolute Gasteiger partial charge is 0.272 e. The van der Waals surface area contributed by atoms with Crippen LogP contribution in [0.4, 0.5) is 0 Å². The van der Waals surface area contributed by atoms with E-state index in [1.54, 1.807) is 30.3 Å². The number of carbonyl (C=O) groups is 2. The van der Waals surface area contributed by atoms with E-state index in [1.165, 1.54) is 0 Å². The first-order chi connectivity index (χ1) is 14.1. The van der Waals surface area contributed by atoms with E-state index in [1.807, 2.05) is 31.2 Å². The van der Waals surface area contributed by atoms with Gasteiger partial charge in [0.15, 0.2) is 5.58 Å². The summed E-state index contributed by atoms with van der Waals surface area (Å²) in [7, 11) is 1.78. The zero-order valence-corrected chi connectivity index (χ0v) is 16.6. The maximum absolute atomic E-state index is 12.8. The number of hydrogen-bond donors (Lipinski definition) is 1. The van der Waals surface area contributed by atoms with Gasteiger partial charge in [0.05, 0.1) is 5.56 Å². The van der Waals surface area contributed by atoms with Gasteiger partial charge in [-0.05, 0) is 50.5 Å². The van der Waals surface area contributed by atoms with Crippen LogP contribution >= 0.6 is 0 Å². The third-order valence-corrected chi connectivity index (χ3v) is 5.52. The van der Waals surface area contributed by atoms with Gasteiger partial charge in [-0.3, -0.25) is 14.6 Å². The summed E-state index contributed by atoms with van der Waals surface area (Å²) in [4.78, 5) is 35.4. The number of carbonyl (C=O) groups excluding carboxylic acids is 2. The van der Waals surface area contributed by atoms with Gasteiger partial charge in [0, 0.05) is 31.7 Å². The Morgan fingerprint density at radius 2 is 2.03 bits per heavy atom. The van der Waals surface area contributed by atoms with Crippen molar-refractivity contribution in [2.75, 3.05) is 13.6 Å². The van der Waals surface area contributed by atoms with E-state index in [0.29, 0.717) is 30.1 Å². The highest BCUT2D eigenvalue weighted by atomic mass is 16.3. The number of oxazole rings is 1. The summed E-state index contributed by atoms with van der Waals surface area (Å²) in [5.41, 5.74) is 2.59. The first-order valence-corrected chi connectivity index (χ1v) is 9.93. The topological polar surface area (TPSA) is 88.3 Å². The molecule has 150 valence electrons. The molecule has 0 bridgehead atoms. The van der Waals surface area contributed by atoms with Crippen LogP contribution in [-0.2, 0) is 4.79 Å². The highest BCUT2D eigenvalue weighted by molar-refractivity contribution is 5.92. The van der Waals surface area contributed by atoms with Crippen molar-refractivity contribution in [1.82, 2.24) is 20.2 Å². The molecule has 4 rings (SSSR count). The molecule has 29 heavy (non-hydrogen) atoms. The third kappa shape index (κ3) is 3.85. The maximum Gasteiger partial charge on any atom is 0.272 e. The van der Waals surface area contributed by atoms with Gasteiger partial charge in [-0.15, -0.1) is 0 Å². The maximum atomic E-state index is 12.8. The fourth-order valence-electron chi connectivity index (χ4n) is 3.86. The van der Waals surface area contributed by atoms with Gasteiger partial charge >= 0.3 is 0 Å². The van der Waals surface area contributed by atoms with Crippen molar-refractivity contribution >= 4 is 22.9 Å². The largest absolute Gasteiger partial charge is 0.436 e. The number of benzene rings is 1. The van der Waals surface area contributed by atoms with E-state index in [-0.39, 0.29) is 23.8 Å². The van der Waals surface area contributed by atoms with Crippen LogP contribution in [0.3, 0.4) is 0 Å². The number of rotatable bonds is 5. The van der Waals surface area contributed by atoms with Crippen LogP contribution in [0.15, 0.2) is 47.0 Å². The number of fused-ring (bicyclic) bond motifs is 1. The predicted molar refractivity (Wildman–Crippen MR) is 109 cm³/mol. The van der Waals surface area contributed by atoms with E-state index in [9.17, 15) is 9.59 Å². The lowest BCUT2D eigenvalue weighted by Gasteiger charge is -2.24. The lowest BCUT2D eigenvalue weighted by atomic mass is 10.1. The third-order valence-electron chi connectivity index (χ3n) is 5.52. The summed E-state index contributed by atoms with van der Waals surface area (Å²) in [6.45, 7) is 2.54. The molecule has 1 aromatic carbocycles. The molecule has 2 heterocycles. The Morgan fingerprint density at radius 3 is 2.76 bits per heavy atom. The van der Waals surface area contributed by atoms with Crippen molar-refractivity contribution in [3.8, 4) is 11.5 Å². The summed E-state index contributed by atoms with van der Waals surface area (Å²) in [6.07, 6.45) is 3.93. The molecule has 2 aromatic heterocycles. The number of para-hydroxylation sites is 2. The molecule has 0 spiro atoms. The Hall–Kier alpha value is -3.22. The molecule has 7 nitrogen and oxygen atoms in total. The molecule has 0 unspecified atom stereocenters. The average molecular weight is 392 g/mol. The van der Waals surface area contributed by atoms with Crippen LogP contribution in [0.5, 0.6) is 0 Å². The zero-order valence-electron chi connectivity index (χ0n) is 16.6. The van der Waals surface area contributed by atoms with Gasteiger partial charge in [0.2, 0.25) is 11.8 Å². The van der Waals surface area contributed by atoms with Crippen molar-refractivity contribution in [2.45, 2.75) is 32.2 Å². The molecule has 1 saturated carbocycles. The highest BCUT2D eigenvalue weighted by Crippen LogP contribution is 2.30. The number of amides is 2. The minimum atomic E-state index is -0.143. The molecule has 0 aliphatic heterocycles. The van der Waals surface area contributed by atoms with Crippen molar-refractivity contribution < 1.29 is 14.0 Å². The quantitative estimate of drug-likeness (QED) is 0.720. The van der Waals surface area contributed by atoms with Crippen LogP contribution in [0, 0.1) is 5.92 Å². The molecular weight excluding hydrogens is 368 g/mol. The van der Waals surface area contributed by atoms with Crippen LogP contribution < -0.4 is 5.32 Å². The summed E-state index contributed by atoms with van der Waals surface area (Å²) < 4.78 is 5.75. The lowest BCUT2D eigenvalue weighted by molar-refractivity contribution is -0.124. The molecule has 1 fully saturated rings. The molecule has 2 atom stereocenters. The van der Waals surface area contributed by atoms with Crippen LogP contribution in [0.2, 0.25) is 0 Å². The standard InChI is InChI=1S/C22H24N4O3/c1-3-23-20(27)14-8-10-16(12-14)26(2)22(28)18-11-9-15(13-24-18)21-25-17-6-4-5-7-19(17)29-21/h4-7,9,11,13-14,16H,3,8,10,12H2,1-2H3,(H,23,27)/t14-,16+/m0/s1. The van der Waals surface area contributed by atoms with E-state index in [2.05, 4.69) is 15.3 Å². The minimum absolute atomic E-state index is 0.0234. The Balaban J connectivity index is 1.44. The van der Waals surface area contributed by atoms with Gasteiger partial charge in [0.1, 0.15) is 11.2 Å². The van der Waals surface area contributed by atoms with E-state index >= 15 is 0 Å². The second-order valence-corrected chi connectivity index (χ2v) is 7.39. The summed E-state index contributed by atoms with van der Waals surface area (Å²) in [5, 5.41) is 2.87. The molecule has 1 N–H and O–H groups in total. The lowest BCUT2D eigenvalue weighted by Crippen LogP contribution is -2.37. The highest BCUT2D eigenvalue weighted by Gasteiger charge is 2.34. The van der Waals surface area contributed by atoms with Gasteiger partial charge in [-0.1, -0.05) is 12.1 Å². The van der Waals surface area contributed by atoms with Crippen molar-refractivity contribution in [3.63, 3.8) is 0 Å². The monoisotopic (exact) mass is 392 g/mol. The first-order valence-electron chi connectivity index (χ1n) is 9.93. The fourth-order valence-corrected chi connectivity index (χ4v) is 3.86. The summed E-state index contributed by atoms with van der Waals surface area (Å²) in [5.74, 6) is 0.392. The Bertz CT molecular complexity index is 995. The fraction of sp³-hybridized carbons (Fsp3) is 0.364. The van der Waals surface area contributed by atoms with Crippen LogP contribution in [-0.4, -0.2) is 46.3 Å². The molecule has 2 amide bonds. The van der Waals surface area contributed by atoms with Crippen molar-refractivity contribution in [3.05, 3.63) is 48.3 Å². The molecule has 0 saturated heterocycles. The zero-order chi connectivity index (χ0) is 20.4. The number of nitrogens with one attached hydrogen (secondary N) is 1. The number of aromatic nitrogens is 2. The molecular formula is C22H24N4O3. The molecule has 1 aliphatic carbocycles. The van der Waals surface area contributed by atoms with E-state index < -0.39 is 0 Å². The predicted octanol–water partition coefficient (Wildman–Crippen LogP) is 3.27. The van der Waals surface area contributed by atoms with Gasteiger partial charge < -0.3 is 14.6 Å². The summed E-state index contributed by atoms with van der Waals surface area (Å²) in [6, 6.07) is 11.1. The van der Waals surface area contributed by atoms with Crippen molar-refractivity contribution in [2.24, 2.45) is 5.92 Å². The first kappa shape index (κ1) is 19.1. The average Bonchev–Trinajstić information content (AvgIpc) is 3.40. The Morgan fingerprint density at radius 1 is 1.21 bits per heavy atom. The Kier molecular flexibility index (Phi) is 5.29. The molecule has 0 radical (unpaired) electrons. The van der Waals surface area contributed by atoms with Crippen molar-refractivity contribution in [1.29, 1.82) is 0 Å². The molecule has 3 aromatic rings. The van der Waals surface area contributed by atoms with E-state index in [0.717, 1.165) is 23.9 Å². The SMILES string of the molecule is CCNC(=O)[C@H]1CC[C@@H](N(C)C(=O)c2ccc(-c3nc4ccccc4o3)cn2)C1. The van der Waals surface area contributed by atoms with Gasteiger partial charge in [0.25, 0.3) is 5.91 Å². The van der Waals surface area contributed by atoms with Gasteiger partial charge in [-0.25, -0.2) is 4.98 Å². The number of hydrogen-bond acceptors (Lipinski definition) is 5. The van der Waals surface area contributed by atoms with Gasteiger partial charge in [-0.2, -0.15) is 0 Å². The normalized spacial score (nSPS) is 18.7. The second-order valence-electron chi connectivity index (χ2n) is 7.39. The summed E-state index contributed by atoms with van der Waals surface area (Å²) >= 11 is 0. The Labute approximate surface area is 169 Å². The van der Waals surface area contributed by atoms with Crippen LogP contribution in [0.1, 0.15) is 36.7 Å². The molecule has 1 aliphatic rings. The minimum Gasteiger partial charge on any atom is -0.436 e. The molecule has 7 heteroatoms. The second kappa shape index (κ2) is 8.03.